The van der Waals surface area contributed by atoms with E-state index in [1.54, 1.807) is 11.3 Å². The molecule has 0 aromatic carbocycles. The highest BCUT2D eigenvalue weighted by molar-refractivity contribution is 9.11. The predicted octanol–water partition coefficient (Wildman–Crippen LogP) is 2.79. The maximum Gasteiger partial charge on any atom is 0.0730 e. The summed E-state index contributed by atoms with van der Waals surface area (Å²) >= 11 is 5.30. The van der Waals surface area contributed by atoms with Crippen molar-refractivity contribution >= 4 is 27.3 Å². The summed E-state index contributed by atoms with van der Waals surface area (Å²) in [6, 6.07) is 2.65. The summed E-state index contributed by atoms with van der Waals surface area (Å²) in [5.41, 5.74) is 7.31. The molecule has 12 heavy (non-hydrogen) atoms. The maximum absolute atomic E-state index is 5.88. The Hall–Kier alpha value is 0.140. The number of halogens is 1. The van der Waals surface area contributed by atoms with Crippen LogP contribution in [0.5, 0.6) is 0 Å². The smallest absolute Gasteiger partial charge is 0.0730 e. The first kappa shape index (κ1) is 8.73. The van der Waals surface area contributed by atoms with Gasteiger partial charge in [-0.1, -0.05) is 0 Å². The van der Waals surface area contributed by atoms with Crippen molar-refractivity contribution in [1.29, 1.82) is 0 Å². The third kappa shape index (κ3) is 1.58. The number of nitrogens with two attached hydrogens (primary N) is 1. The molecule has 0 radical (unpaired) electrons. The van der Waals surface area contributed by atoms with Crippen molar-refractivity contribution in [3.8, 4) is 0 Å². The zero-order valence-corrected chi connectivity index (χ0v) is 9.20. The Kier molecular flexibility index (Phi) is 2.53. The topological polar surface area (TPSA) is 26.0 Å². The second kappa shape index (κ2) is 3.48. The van der Waals surface area contributed by atoms with Gasteiger partial charge in [0.25, 0.3) is 0 Å². The summed E-state index contributed by atoms with van der Waals surface area (Å²) in [4.78, 5) is 0. The standard InChI is InChI=1S/C9H12BrNS/c10-9-7(3-4-12-9)5-6-1-2-8(6)11/h3-4,6,8H,1-2,5,11H2. The Morgan fingerprint density at radius 1 is 1.58 bits per heavy atom. The minimum absolute atomic E-state index is 0.455. The summed E-state index contributed by atoms with van der Waals surface area (Å²) < 4.78 is 1.28. The third-order valence-electron chi connectivity index (χ3n) is 2.65. The normalized spacial score (nSPS) is 28.5. The number of thiophene rings is 1. The maximum atomic E-state index is 5.88. The Morgan fingerprint density at radius 3 is 2.83 bits per heavy atom. The quantitative estimate of drug-likeness (QED) is 0.853. The van der Waals surface area contributed by atoms with Crippen LogP contribution in [0.1, 0.15) is 18.4 Å². The number of hydrogen-bond donors (Lipinski definition) is 1. The highest BCUT2D eigenvalue weighted by Gasteiger charge is 2.27. The van der Waals surface area contributed by atoms with Crippen molar-refractivity contribution in [3.63, 3.8) is 0 Å². The van der Waals surface area contributed by atoms with Gasteiger partial charge < -0.3 is 5.73 Å². The van der Waals surface area contributed by atoms with Gasteiger partial charge in [0.1, 0.15) is 0 Å². The first-order chi connectivity index (χ1) is 5.77. The van der Waals surface area contributed by atoms with E-state index in [9.17, 15) is 0 Å². The lowest BCUT2D eigenvalue weighted by atomic mass is 9.77. The first-order valence-corrected chi connectivity index (χ1v) is 5.92. The SMILES string of the molecule is NC1CCC1Cc1ccsc1Br. The van der Waals surface area contributed by atoms with E-state index in [1.807, 2.05) is 0 Å². The molecule has 2 rings (SSSR count). The molecule has 2 atom stereocenters. The molecule has 1 saturated carbocycles. The molecule has 1 aromatic heterocycles. The molecule has 0 bridgehead atoms. The lowest BCUT2D eigenvalue weighted by Gasteiger charge is -2.33. The van der Waals surface area contributed by atoms with Gasteiger partial charge in [-0.3, -0.25) is 0 Å². The molecule has 66 valence electrons. The van der Waals surface area contributed by atoms with Crippen LogP contribution in [0.15, 0.2) is 15.2 Å². The summed E-state index contributed by atoms with van der Waals surface area (Å²) in [5.74, 6) is 0.732. The van der Waals surface area contributed by atoms with Crippen molar-refractivity contribution in [1.82, 2.24) is 0 Å². The molecule has 0 amide bonds. The van der Waals surface area contributed by atoms with E-state index in [0.717, 1.165) is 12.3 Å². The van der Waals surface area contributed by atoms with Crippen molar-refractivity contribution in [3.05, 3.63) is 20.8 Å². The molecule has 2 N–H and O–H groups in total. The van der Waals surface area contributed by atoms with E-state index in [0.29, 0.717) is 6.04 Å². The van der Waals surface area contributed by atoms with Crippen molar-refractivity contribution in [2.75, 3.05) is 0 Å². The van der Waals surface area contributed by atoms with Gasteiger partial charge in [0.05, 0.1) is 3.79 Å². The fraction of sp³-hybridized carbons (Fsp3) is 0.556. The molecule has 0 aliphatic heterocycles. The highest BCUT2D eigenvalue weighted by Crippen LogP contribution is 2.33. The summed E-state index contributed by atoms with van der Waals surface area (Å²) in [5, 5.41) is 2.13. The molecule has 2 unspecified atom stereocenters. The van der Waals surface area contributed by atoms with Gasteiger partial charge in [-0.2, -0.15) is 0 Å². The molecule has 0 spiro atoms. The van der Waals surface area contributed by atoms with Crippen molar-refractivity contribution in [2.45, 2.75) is 25.3 Å². The van der Waals surface area contributed by atoms with Crippen LogP contribution in [0, 0.1) is 5.92 Å². The van der Waals surface area contributed by atoms with Crippen LogP contribution in [-0.4, -0.2) is 6.04 Å². The fourth-order valence-electron chi connectivity index (χ4n) is 1.60. The zero-order valence-electron chi connectivity index (χ0n) is 6.79. The van der Waals surface area contributed by atoms with Gasteiger partial charge in [-0.15, -0.1) is 11.3 Å². The van der Waals surface area contributed by atoms with Crippen LogP contribution < -0.4 is 5.73 Å². The van der Waals surface area contributed by atoms with Crippen LogP contribution in [0.25, 0.3) is 0 Å². The molecular formula is C9H12BrNS. The molecule has 3 heteroatoms. The molecule has 1 fully saturated rings. The van der Waals surface area contributed by atoms with Crippen LogP contribution in [0.3, 0.4) is 0 Å². The van der Waals surface area contributed by atoms with Gasteiger partial charge in [0.15, 0.2) is 0 Å². The first-order valence-electron chi connectivity index (χ1n) is 4.25. The van der Waals surface area contributed by atoms with Crippen LogP contribution >= 0.6 is 27.3 Å². The highest BCUT2D eigenvalue weighted by atomic mass is 79.9. The Labute approximate surface area is 85.1 Å². The van der Waals surface area contributed by atoms with Crippen LogP contribution in [0.4, 0.5) is 0 Å². The van der Waals surface area contributed by atoms with E-state index in [-0.39, 0.29) is 0 Å². The number of rotatable bonds is 2. The lowest BCUT2D eigenvalue weighted by Crippen LogP contribution is -2.40. The molecule has 1 aliphatic carbocycles. The molecular weight excluding hydrogens is 234 g/mol. The van der Waals surface area contributed by atoms with Gasteiger partial charge in [0, 0.05) is 6.04 Å². The Morgan fingerprint density at radius 2 is 2.42 bits per heavy atom. The second-order valence-electron chi connectivity index (χ2n) is 3.42. The zero-order chi connectivity index (χ0) is 8.55. The largest absolute Gasteiger partial charge is 0.327 e. The van der Waals surface area contributed by atoms with Gasteiger partial charge >= 0.3 is 0 Å². The van der Waals surface area contributed by atoms with E-state index in [1.165, 1.54) is 22.2 Å². The fourth-order valence-corrected chi connectivity index (χ4v) is 2.87. The van der Waals surface area contributed by atoms with E-state index in [4.69, 9.17) is 5.73 Å². The minimum atomic E-state index is 0.455. The molecule has 0 saturated heterocycles. The Bertz CT molecular complexity index is 271. The average molecular weight is 246 g/mol. The monoisotopic (exact) mass is 245 g/mol. The second-order valence-corrected chi connectivity index (χ2v) is 5.66. The van der Waals surface area contributed by atoms with Crippen LogP contribution in [-0.2, 0) is 6.42 Å². The van der Waals surface area contributed by atoms with Crippen LogP contribution in [0.2, 0.25) is 0 Å². The molecule has 1 nitrogen and oxygen atoms in total. The van der Waals surface area contributed by atoms with Gasteiger partial charge in [0.2, 0.25) is 0 Å². The van der Waals surface area contributed by atoms with Gasteiger partial charge in [-0.25, -0.2) is 0 Å². The average Bonchev–Trinajstić information content (AvgIpc) is 2.44. The molecule has 1 heterocycles. The predicted molar refractivity (Wildman–Crippen MR) is 56.4 cm³/mol. The van der Waals surface area contributed by atoms with E-state index in [2.05, 4.69) is 27.4 Å². The lowest BCUT2D eigenvalue weighted by molar-refractivity contribution is 0.256. The van der Waals surface area contributed by atoms with Gasteiger partial charge in [-0.05, 0) is 58.1 Å². The van der Waals surface area contributed by atoms with Crippen molar-refractivity contribution in [2.24, 2.45) is 11.7 Å². The third-order valence-corrected chi connectivity index (χ3v) is 4.46. The summed E-state index contributed by atoms with van der Waals surface area (Å²) in [7, 11) is 0. The minimum Gasteiger partial charge on any atom is -0.327 e. The van der Waals surface area contributed by atoms with Crippen molar-refractivity contribution < 1.29 is 0 Å². The molecule has 1 aromatic rings. The Balaban J connectivity index is 1.99. The van der Waals surface area contributed by atoms with E-state index < -0.39 is 0 Å². The van der Waals surface area contributed by atoms with E-state index >= 15 is 0 Å². The summed E-state index contributed by atoms with van der Waals surface area (Å²) in [6.45, 7) is 0. The summed E-state index contributed by atoms with van der Waals surface area (Å²) in [6.07, 6.45) is 3.68. The number of hydrogen-bond acceptors (Lipinski definition) is 2. The molecule has 1 aliphatic rings.